The number of alkyl halides is 3. The highest BCUT2D eigenvalue weighted by molar-refractivity contribution is 5.45. The Kier molecular flexibility index (Phi) is 3.47. The first kappa shape index (κ1) is 15.0. The molecule has 1 aliphatic carbocycles. The smallest absolute Gasteiger partial charge is 0.388 e. The zero-order valence-electron chi connectivity index (χ0n) is 11.3. The van der Waals surface area contributed by atoms with Gasteiger partial charge in [-0.25, -0.2) is 8.78 Å². The average molecular weight is 317 g/mol. The third kappa shape index (κ3) is 2.49. The Morgan fingerprint density at radius 3 is 2.32 bits per heavy atom. The standard InChI is InChI=1S/C15H12F5NO/c16-8-4-9(17)6-10(5-8)21-7-11(15(18,19)20)14-12(21)2-1-3-13(14)22/h4-7,13,22H,1-3H2. The minimum absolute atomic E-state index is 0.0293. The molecule has 0 radical (unpaired) electrons. The van der Waals surface area contributed by atoms with Crippen LogP contribution in [0.5, 0.6) is 0 Å². The van der Waals surface area contributed by atoms with Gasteiger partial charge in [-0.2, -0.15) is 13.2 Å². The highest BCUT2D eigenvalue weighted by Crippen LogP contribution is 2.42. The molecule has 1 aliphatic rings. The molecule has 1 heterocycles. The van der Waals surface area contributed by atoms with Crippen molar-refractivity contribution < 1.29 is 27.1 Å². The molecule has 0 amide bonds. The van der Waals surface area contributed by atoms with Crippen molar-refractivity contribution >= 4 is 0 Å². The third-order valence-corrected chi connectivity index (χ3v) is 3.81. The Bertz CT molecular complexity index is 699. The Morgan fingerprint density at radius 2 is 1.73 bits per heavy atom. The number of nitrogens with zero attached hydrogens (tertiary/aromatic N) is 1. The van der Waals surface area contributed by atoms with Gasteiger partial charge in [0.05, 0.1) is 17.4 Å². The zero-order chi connectivity index (χ0) is 16.1. The van der Waals surface area contributed by atoms with Crippen LogP contribution in [0.15, 0.2) is 24.4 Å². The summed E-state index contributed by atoms with van der Waals surface area (Å²) in [6, 6.07) is 2.58. The van der Waals surface area contributed by atoms with Crippen LogP contribution < -0.4 is 0 Å². The summed E-state index contributed by atoms with van der Waals surface area (Å²) in [5, 5.41) is 9.91. The fourth-order valence-electron chi connectivity index (χ4n) is 2.93. The Balaban J connectivity index is 2.25. The number of aliphatic hydroxyl groups is 1. The van der Waals surface area contributed by atoms with Gasteiger partial charge >= 0.3 is 6.18 Å². The summed E-state index contributed by atoms with van der Waals surface area (Å²) in [7, 11) is 0. The number of aliphatic hydroxyl groups excluding tert-OH is 1. The second kappa shape index (κ2) is 5.08. The predicted molar refractivity (Wildman–Crippen MR) is 68.6 cm³/mol. The van der Waals surface area contributed by atoms with E-state index in [2.05, 4.69) is 0 Å². The fourth-order valence-corrected chi connectivity index (χ4v) is 2.93. The molecular weight excluding hydrogens is 305 g/mol. The van der Waals surface area contributed by atoms with Crippen LogP contribution in [-0.2, 0) is 12.6 Å². The lowest BCUT2D eigenvalue weighted by molar-refractivity contribution is -0.139. The molecule has 1 aromatic heterocycles. The normalized spacial score (nSPS) is 18.4. The first-order valence-electron chi connectivity index (χ1n) is 6.73. The molecule has 1 aromatic carbocycles. The van der Waals surface area contributed by atoms with Crippen molar-refractivity contribution in [2.45, 2.75) is 31.5 Å². The van der Waals surface area contributed by atoms with Crippen molar-refractivity contribution in [2.75, 3.05) is 0 Å². The van der Waals surface area contributed by atoms with Crippen LogP contribution in [0.1, 0.15) is 35.8 Å². The van der Waals surface area contributed by atoms with Crippen molar-refractivity contribution in [1.29, 1.82) is 0 Å². The lowest BCUT2D eigenvalue weighted by atomic mass is 9.92. The van der Waals surface area contributed by atoms with E-state index in [4.69, 9.17) is 0 Å². The van der Waals surface area contributed by atoms with E-state index >= 15 is 0 Å². The maximum Gasteiger partial charge on any atom is 0.418 e. The summed E-state index contributed by atoms with van der Waals surface area (Å²) in [5.74, 6) is -1.75. The molecular formula is C15H12F5NO. The molecule has 1 atom stereocenters. The molecule has 0 bridgehead atoms. The summed E-state index contributed by atoms with van der Waals surface area (Å²) >= 11 is 0. The summed E-state index contributed by atoms with van der Waals surface area (Å²) in [5.41, 5.74) is -0.933. The molecule has 2 aromatic rings. The Morgan fingerprint density at radius 1 is 1.09 bits per heavy atom. The molecule has 0 saturated carbocycles. The second-order valence-corrected chi connectivity index (χ2v) is 5.31. The van der Waals surface area contributed by atoms with E-state index in [1.54, 1.807) is 0 Å². The van der Waals surface area contributed by atoms with Gasteiger partial charge in [-0.1, -0.05) is 0 Å². The van der Waals surface area contributed by atoms with Crippen LogP contribution in [0.2, 0.25) is 0 Å². The summed E-state index contributed by atoms with van der Waals surface area (Å²) in [6.07, 6.45) is -4.02. The first-order chi connectivity index (χ1) is 10.3. The molecule has 2 nitrogen and oxygen atoms in total. The van der Waals surface area contributed by atoms with Gasteiger partial charge in [0.25, 0.3) is 0 Å². The van der Waals surface area contributed by atoms with Gasteiger partial charge in [0, 0.05) is 23.5 Å². The Labute approximate surface area is 122 Å². The van der Waals surface area contributed by atoms with E-state index in [1.807, 2.05) is 0 Å². The highest BCUT2D eigenvalue weighted by atomic mass is 19.4. The van der Waals surface area contributed by atoms with E-state index in [-0.39, 0.29) is 23.4 Å². The number of hydrogen-bond acceptors (Lipinski definition) is 1. The minimum atomic E-state index is -4.64. The number of benzene rings is 1. The van der Waals surface area contributed by atoms with Gasteiger partial charge in [0.15, 0.2) is 0 Å². The van der Waals surface area contributed by atoms with Gasteiger partial charge in [-0.3, -0.25) is 0 Å². The molecule has 22 heavy (non-hydrogen) atoms. The number of hydrogen-bond donors (Lipinski definition) is 1. The van der Waals surface area contributed by atoms with Crippen molar-refractivity contribution in [3.63, 3.8) is 0 Å². The van der Waals surface area contributed by atoms with E-state index in [1.165, 1.54) is 0 Å². The summed E-state index contributed by atoms with van der Waals surface area (Å²) in [6.45, 7) is 0. The predicted octanol–water partition coefficient (Wildman–Crippen LogP) is 4.14. The van der Waals surface area contributed by atoms with E-state index in [0.29, 0.717) is 18.9 Å². The third-order valence-electron chi connectivity index (χ3n) is 3.81. The molecule has 3 rings (SSSR count). The van der Waals surface area contributed by atoms with Crippen molar-refractivity contribution in [1.82, 2.24) is 4.57 Å². The summed E-state index contributed by atoms with van der Waals surface area (Å²) < 4.78 is 67.3. The zero-order valence-corrected chi connectivity index (χ0v) is 11.3. The van der Waals surface area contributed by atoms with Gasteiger partial charge in [0.1, 0.15) is 11.6 Å². The van der Waals surface area contributed by atoms with Crippen LogP contribution >= 0.6 is 0 Å². The average Bonchev–Trinajstić information content (AvgIpc) is 2.78. The van der Waals surface area contributed by atoms with Crippen LogP contribution in [0, 0.1) is 11.6 Å². The second-order valence-electron chi connectivity index (χ2n) is 5.31. The van der Waals surface area contributed by atoms with E-state index in [9.17, 15) is 27.1 Å². The molecule has 1 N–H and O–H groups in total. The monoisotopic (exact) mass is 317 g/mol. The van der Waals surface area contributed by atoms with Crippen molar-refractivity contribution in [2.24, 2.45) is 0 Å². The van der Waals surface area contributed by atoms with E-state index in [0.717, 1.165) is 22.9 Å². The molecule has 0 spiro atoms. The quantitative estimate of drug-likeness (QED) is 0.786. The highest BCUT2D eigenvalue weighted by Gasteiger charge is 2.40. The minimum Gasteiger partial charge on any atom is -0.388 e. The molecule has 0 saturated heterocycles. The molecule has 118 valence electrons. The topological polar surface area (TPSA) is 25.2 Å². The van der Waals surface area contributed by atoms with Crippen LogP contribution in [0.25, 0.3) is 5.69 Å². The molecule has 1 unspecified atom stereocenters. The lowest BCUT2D eigenvalue weighted by Crippen LogP contribution is -2.15. The van der Waals surface area contributed by atoms with Crippen LogP contribution in [-0.4, -0.2) is 9.67 Å². The summed E-state index contributed by atoms with van der Waals surface area (Å²) in [4.78, 5) is 0. The number of aromatic nitrogens is 1. The largest absolute Gasteiger partial charge is 0.418 e. The van der Waals surface area contributed by atoms with Crippen LogP contribution in [0.3, 0.4) is 0 Å². The number of halogens is 5. The van der Waals surface area contributed by atoms with Gasteiger partial charge in [-0.15, -0.1) is 0 Å². The van der Waals surface area contributed by atoms with Crippen LogP contribution in [0.4, 0.5) is 22.0 Å². The van der Waals surface area contributed by atoms with Crippen molar-refractivity contribution in [3.8, 4) is 5.69 Å². The maximum absolute atomic E-state index is 13.3. The number of fused-ring (bicyclic) bond motifs is 1. The Hall–Kier alpha value is -1.89. The molecule has 0 fully saturated rings. The molecule has 0 aliphatic heterocycles. The molecule has 7 heteroatoms. The van der Waals surface area contributed by atoms with Crippen molar-refractivity contribution in [3.05, 3.63) is 52.9 Å². The van der Waals surface area contributed by atoms with E-state index < -0.39 is 29.5 Å². The maximum atomic E-state index is 13.3. The first-order valence-corrected chi connectivity index (χ1v) is 6.73. The SMILES string of the molecule is OC1CCCc2c1c(C(F)(F)F)cn2-c1cc(F)cc(F)c1. The van der Waals surface area contributed by atoms with Gasteiger partial charge < -0.3 is 9.67 Å². The fraction of sp³-hybridized carbons (Fsp3) is 0.333. The lowest BCUT2D eigenvalue weighted by Gasteiger charge is -2.21. The number of rotatable bonds is 1. The van der Waals surface area contributed by atoms with Gasteiger partial charge in [-0.05, 0) is 31.4 Å². The van der Waals surface area contributed by atoms with Gasteiger partial charge in [0.2, 0.25) is 0 Å².